The lowest BCUT2D eigenvalue weighted by Gasteiger charge is -2.56. The Labute approximate surface area is 151 Å². The maximum absolute atomic E-state index is 11.2. The first-order valence-corrected chi connectivity index (χ1v) is 9.10. The largest absolute Gasteiger partial charge is 0.294 e. The summed E-state index contributed by atoms with van der Waals surface area (Å²) < 4.78 is 0. The zero-order valence-corrected chi connectivity index (χ0v) is 14.7. The fourth-order valence-corrected chi connectivity index (χ4v) is 5.70. The molecule has 0 amide bonds. The second-order valence-electron chi connectivity index (χ2n) is 8.22. The van der Waals surface area contributed by atoms with Crippen LogP contribution in [0, 0.1) is 43.4 Å². The van der Waals surface area contributed by atoms with E-state index in [1.54, 1.807) is 0 Å². The molecule has 0 unspecified atom stereocenters. The molecule has 0 aromatic heterocycles. The normalized spacial score (nSPS) is 32.5. The highest BCUT2D eigenvalue weighted by molar-refractivity contribution is 5.89. The minimum Gasteiger partial charge on any atom is -0.272 e. The van der Waals surface area contributed by atoms with E-state index in [-0.39, 0.29) is 22.5 Å². The molecule has 4 bridgehead atoms. The van der Waals surface area contributed by atoms with Crippen molar-refractivity contribution in [3.05, 3.63) is 38.4 Å². The van der Waals surface area contributed by atoms with Crippen LogP contribution in [0.2, 0.25) is 0 Å². The Bertz CT molecular complexity index is 769. The molecule has 5 rings (SSSR count). The van der Waals surface area contributed by atoms with Crippen molar-refractivity contribution in [2.45, 2.75) is 45.4 Å². The van der Waals surface area contributed by atoms with Crippen LogP contribution in [0.25, 0.3) is 0 Å². The van der Waals surface area contributed by atoms with Crippen molar-refractivity contribution >= 4 is 22.8 Å². The van der Waals surface area contributed by atoms with Gasteiger partial charge in [-0.05, 0) is 63.2 Å². The molecule has 1 N–H and O–H groups in total. The summed E-state index contributed by atoms with van der Waals surface area (Å²) in [6.07, 6.45) is 7.43. The van der Waals surface area contributed by atoms with Crippen molar-refractivity contribution in [3.63, 3.8) is 0 Å². The minimum atomic E-state index is -0.565. The van der Waals surface area contributed by atoms with Gasteiger partial charge in [0.15, 0.2) is 0 Å². The molecule has 4 saturated carbocycles. The summed E-state index contributed by atoms with van der Waals surface area (Å²) in [6.45, 7) is 1.99. The molecule has 1 aromatic rings. The summed E-state index contributed by atoms with van der Waals surface area (Å²) in [6, 6.07) is 3.46. The molecule has 1 aromatic carbocycles. The molecular weight excluding hydrogens is 336 g/mol. The summed E-state index contributed by atoms with van der Waals surface area (Å²) in [5.74, 6) is 2.33. The second kappa shape index (κ2) is 6.03. The Morgan fingerprint density at radius 2 is 1.65 bits per heavy atom. The van der Waals surface area contributed by atoms with E-state index >= 15 is 0 Å². The van der Waals surface area contributed by atoms with Gasteiger partial charge in [-0.2, -0.15) is 5.10 Å². The number of non-ortho nitro benzene ring substituents is 1. The van der Waals surface area contributed by atoms with Crippen LogP contribution < -0.4 is 5.43 Å². The minimum absolute atomic E-state index is 0.0632. The van der Waals surface area contributed by atoms with Gasteiger partial charge in [0.05, 0.1) is 9.85 Å². The molecule has 0 saturated heterocycles. The maximum Gasteiger partial charge on any atom is 0.294 e. The first-order valence-electron chi connectivity index (χ1n) is 9.10. The lowest BCUT2D eigenvalue weighted by atomic mass is 9.48. The topological polar surface area (TPSA) is 111 Å². The highest BCUT2D eigenvalue weighted by Gasteiger charge is 2.52. The van der Waals surface area contributed by atoms with Gasteiger partial charge < -0.3 is 0 Å². The van der Waals surface area contributed by atoms with Crippen LogP contribution in [-0.2, 0) is 0 Å². The highest BCUT2D eigenvalue weighted by atomic mass is 16.6. The molecule has 4 aliphatic carbocycles. The van der Waals surface area contributed by atoms with Gasteiger partial charge >= 0.3 is 0 Å². The van der Waals surface area contributed by atoms with Gasteiger partial charge in [-0.25, -0.2) is 0 Å². The van der Waals surface area contributed by atoms with Crippen molar-refractivity contribution in [3.8, 4) is 0 Å². The van der Waals surface area contributed by atoms with Crippen molar-refractivity contribution in [2.24, 2.45) is 28.3 Å². The summed E-state index contributed by atoms with van der Waals surface area (Å²) in [5.41, 5.74) is 3.48. The molecule has 4 aliphatic rings. The number of nitro benzene ring substituents is 2. The third-order valence-electron chi connectivity index (χ3n) is 6.54. The number of hydrogen-bond acceptors (Lipinski definition) is 6. The predicted octanol–water partition coefficient (Wildman–Crippen LogP) is 4.51. The molecule has 0 aliphatic heterocycles. The molecule has 4 fully saturated rings. The Morgan fingerprint density at radius 1 is 1.08 bits per heavy atom. The van der Waals surface area contributed by atoms with Crippen LogP contribution >= 0.6 is 0 Å². The SMILES string of the molecule is C/C(=N\Nc1cc([N+](=O)[O-])ccc1[N+](=O)[O-])C12CC3CC(CC(C3)C1)C2. The van der Waals surface area contributed by atoms with Gasteiger partial charge in [0.2, 0.25) is 0 Å². The summed E-state index contributed by atoms with van der Waals surface area (Å²) in [4.78, 5) is 21.1. The average Bonchev–Trinajstić information content (AvgIpc) is 2.58. The number of hydrazone groups is 1. The van der Waals surface area contributed by atoms with Crippen molar-refractivity contribution in [2.75, 3.05) is 5.43 Å². The summed E-state index contributed by atoms with van der Waals surface area (Å²) in [5, 5.41) is 26.7. The standard InChI is InChI=1S/C18H22N4O4/c1-11(18-8-12-4-13(9-18)6-14(5-12)10-18)19-20-16-7-15(21(23)24)2-3-17(16)22(25)26/h2-3,7,12-14,20H,4-6,8-10H2,1H3/b19-11+. The molecule has 26 heavy (non-hydrogen) atoms. The zero-order valence-electron chi connectivity index (χ0n) is 14.7. The van der Waals surface area contributed by atoms with E-state index in [2.05, 4.69) is 10.5 Å². The summed E-state index contributed by atoms with van der Waals surface area (Å²) >= 11 is 0. The lowest BCUT2D eigenvalue weighted by molar-refractivity contribution is -0.388. The third kappa shape index (κ3) is 2.83. The molecule has 0 radical (unpaired) electrons. The number of nitrogens with zero attached hydrogens (tertiary/aromatic N) is 3. The predicted molar refractivity (Wildman–Crippen MR) is 97.1 cm³/mol. The number of rotatable bonds is 5. The number of nitrogens with one attached hydrogen (secondary N) is 1. The quantitative estimate of drug-likeness (QED) is 0.473. The molecule has 138 valence electrons. The van der Waals surface area contributed by atoms with Gasteiger partial charge in [-0.3, -0.25) is 25.7 Å². The van der Waals surface area contributed by atoms with Gasteiger partial charge in [-0.15, -0.1) is 0 Å². The number of nitro groups is 2. The molecule has 0 atom stereocenters. The van der Waals surface area contributed by atoms with Crippen molar-refractivity contribution < 1.29 is 9.85 Å². The van der Waals surface area contributed by atoms with Crippen LogP contribution in [0.1, 0.15) is 45.4 Å². The Morgan fingerprint density at radius 3 is 2.15 bits per heavy atom. The van der Waals surface area contributed by atoms with E-state index in [0.29, 0.717) is 0 Å². The monoisotopic (exact) mass is 358 g/mol. The molecule has 0 spiro atoms. The molecule has 8 nitrogen and oxygen atoms in total. The Hall–Kier alpha value is -2.51. The van der Waals surface area contributed by atoms with Gasteiger partial charge in [0, 0.05) is 29.3 Å². The van der Waals surface area contributed by atoms with Crippen molar-refractivity contribution in [1.29, 1.82) is 0 Å². The van der Waals surface area contributed by atoms with Crippen LogP contribution in [0.3, 0.4) is 0 Å². The fraction of sp³-hybridized carbons (Fsp3) is 0.611. The van der Waals surface area contributed by atoms with Crippen LogP contribution in [0.5, 0.6) is 0 Å². The van der Waals surface area contributed by atoms with Crippen LogP contribution in [-0.4, -0.2) is 15.6 Å². The lowest BCUT2D eigenvalue weighted by Crippen LogP contribution is -2.49. The van der Waals surface area contributed by atoms with E-state index in [4.69, 9.17) is 0 Å². The highest BCUT2D eigenvalue weighted by Crippen LogP contribution is 2.60. The van der Waals surface area contributed by atoms with E-state index in [1.807, 2.05) is 6.92 Å². The van der Waals surface area contributed by atoms with E-state index in [1.165, 1.54) is 25.3 Å². The Kier molecular flexibility index (Phi) is 3.93. The second-order valence-corrected chi connectivity index (χ2v) is 8.22. The number of hydrogen-bond donors (Lipinski definition) is 1. The fourth-order valence-electron chi connectivity index (χ4n) is 5.70. The zero-order chi connectivity index (χ0) is 18.5. The first-order chi connectivity index (χ1) is 12.4. The van der Waals surface area contributed by atoms with E-state index in [9.17, 15) is 20.2 Å². The molecule has 0 heterocycles. The van der Waals surface area contributed by atoms with Gasteiger partial charge in [0.25, 0.3) is 11.4 Å². The average molecular weight is 358 g/mol. The molecule has 8 heteroatoms. The first kappa shape index (κ1) is 16.9. The maximum atomic E-state index is 11.2. The molecular formula is C18H22N4O4. The van der Waals surface area contributed by atoms with Crippen LogP contribution in [0.4, 0.5) is 17.1 Å². The van der Waals surface area contributed by atoms with Gasteiger partial charge in [0.1, 0.15) is 5.69 Å². The third-order valence-corrected chi connectivity index (χ3v) is 6.54. The van der Waals surface area contributed by atoms with Crippen LogP contribution in [0.15, 0.2) is 23.3 Å². The Balaban J connectivity index is 1.60. The van der Waals surface area contributed by atoms with Gasteiger partial charge in [-0.1, -0.05) is 0 Å². The van der Waals surface area contributed by atoms with E-state index in [0.717, 1.165) is 54.9 Å². The number of anilines is 1. The number of benzene rings is 1. The summed E-state index contributed by atoms with van der Waals surface area (Å²) in [7, 11) is 0. The van der Waals surface area contributed by atoms with E-state index < -0.39 is 9.85 Å². The smallest absolute Gasteiger partial charge is 0.272 e. The van der Waals surface area contributed by atoms with Crippen molar-refractivity contribution in [1.82, 2.24) is 0 Å².